The smallest absolute Gasteiger partial charge is 0.241 e. The largest absolute Gasteiger partial charge is 0.326 e. The van der Waals surface area contributed by atoms with Crippen LogP contribution in [0.5, 0.6) is 0 Å². The van der Waals surface area contributed by atoms with Crippen LogP contribution in [0.2, 0.25) is 0 Å². The Morgan fingerprint density at radius 1 is 1.25 bits per heavy atom. The summed E-state index contributed by atoms with van der Waals surface area (Å²) in [6.07, 6.45) is 3.08. The molecule has 1 saturated heterocycles. The fourth-order valence-corrected chi connectivity index (χ4v) is 2.33. The molecule has 0 spiro atoms. The number of amides is 2. The van der Waals surface area contributed by atoms with Crippen LogP contribution in [0.15, 0.2) is 18.2 Å². The lowest BCUT2D eigenvalue weighted by molar-refractivity contribution is -0.118. The van der Waals surface area contributed by atoms with E-state index in [-0.39, 0.29) is 17.9 Å². The van der Waals surface area contributed by atoms with Crippen LogP contribution in [0, 0.1) is 6.92 Å². The molecule has 0 aliphatic carbocycles. The minimum atomic E-state index is -0.120. The number of aryl methyl sites for hydroxylation is 1. The third kappa shape index (κ3) is 3.81. The van der Waals surface area contributed by atoms with Crippen molar-refractivity contribution in [2.24, 2.45) is 0 Å². The van der Waals surface area contributed by atoms with Gasteiger partial charge in [0.2, 0.25) is 11.8 Å². The number of anilines is 2. The number of hydrogen-bond acceptors (Lipinski definition) is 3. The highest BCUT2D eigenvalue weighted by atomic mass is 16.2. The molecule has 0 unspecified atom stereocenters. The van der Waals surface area contributed by atoms with Gasteiger partial charge >= 0.3 is 0 Å². The van der Waals surface area contributed by atoms with Crippen LogP contribution >= 0.6 is 0 Å². The van der Waals surface area contributed by atoms with Crippen molar-refractivity contribution in [3.05, 3.63) is 23.8 Å². The Bertz CT molecular complexity index is 508. The molecule has 0 aromatic heterocycles. The summed E-state index contributed by atoms with van der Waals surface area (Å²) in [6, 6.07) is 5.41. The topological polar surface area (TPSA) is 70.2 Å². The summed E-state index contributed by atoms with van der Waals surface area (Å²) in [6.45, 7) is 4.28. The first-order valence-electron chi connectivity index (χ1n) is 6.99. The molecule has 0 saturated carbocycles. The van der Waals surface area contributed by atoms with Gasteiger partial charge in [-0.3, -0.25) is 9.59 Å². The number of carbonyl (C=O) groups is 2. The second-order valence-corrected chi connectivity index (χ2v) is 5.20. The van der Waals surface area contributed by atoms with Crippen molar-refractivity contribution in [1.82, 2.24) is 5.32 Å². The number of piperidine rings is 1. The zero-order valence-electron chi connectivity index (χ0n) is 12.0. The molecule has 1 aliphatic rings. The highest BCUT2D eigenvalue weighted by molar-refractivity contribution is 5.96. The molecule has 1 aromatic rings. The summed E-state index contributed by atoms with van der Waals surface area (Å²) in [5.74, 6) is -0.132. The number of carbonyl (C=O) groups excluding carboxylic acids is 2. The lowest BCUT2D eigenvalue weighted by Crippen LogP contribution is -2.43. The van der Waals surface area contributed by atoms with Gasteiger partial charge in [0.15, 0.2) is 0 Å². The molecule has 5 heteroatoms. The predicted molar refractivity (Wildman–Crippen MR) is 79.8 cm³/mol. The molecule has 20 heavy (non-hydrogen) atoms. The van der Waals surface area contributed by atoms with Gasteiger partial charge in [0, 0.05) is 18.3 Å². The Morgan fingerprint density at radius 2 is 2.05 bits per heavy atom. The minimum Gasteiger partial charge on any atom is -0.326 e. The van der Waals surface area contributed by atoms with Crippen LogP contribution < -0.4 is 16.0 Å². The molecule has 3 N–H and O–H groups in total. The number of hydrogen-bond donors (Lipinski definition) is 3. The molecule has 2 rings (SSSR count). The maximum Gasteiger partial charge on any atom is 0.241 e. The van der Waals surface area contributed by atoms with Gasteiger partial charge in [-0.25, -0.2) is 0 Å². The summed E-state index contributed by atoms with van der Waals surface area (Å²) >= 11 is 0. The Morgan fingerprint density at radius 3 is 2.70 bits per heavy atom. The second-order valence-electron chi connectivity index (χ2n) is 5.20. The van der Waals surface area contributed by atoms with Gasteiger partial charge in [-0.15, -0.1) is 0 Å². The van der Waals surface area contributed by atoms with Crippen LogP contribution in [0.1, 0.15) is 31.7 Å². The van der Waals surface area contributed by atoms with E-state index in [9.17, 15) is 9.59 Å². The van der Waals surface area contributed by atoms with Gasteiger partial charge in [-0.2, -0.15) is 0 Å². The minimum absolute atomic E-state index is 0.0117. The summed E-state index contributed by atoms with van der Waals surface area (Å²) in [7, 11) is 0. The standard InChI is InChI=1S/C15H21N3O2/c1-10-6-7-12(9-14(10)17-11(2)19)18-15(20)13-5-3-4-8-16-13/h6-7,9,13,16H,3-5,8H2,1-2H3,(H,17,19)(H,18,20)/t13-/m0/s1. The van der Waals surface area contributed by atoms with Crippen molar-refractivity contribution >= 4 is 23.2 Å². The van der Waals surface area contributed by atoms with Crippen LogP contribution in [-0.2, 0) is 9.59 Å². The molecule has 1 heterocycles. The normalized spacial score (nSPS) is 18.4. The van der Waals surface area contributed by atoms with E-state index in [0.717, 1.165) is 37.1 Å². The number of benzene rings is 1. The quantitative estimate of drug-likeness (QED) is 0.790. The van der Waals surface area contributed by atoms with E-state index in [4.69, 9.17) is 0 Å². The number of rotatable bonds is 3. The number of nitrogens with one attached hydrogen (secondary N) is 3. The third-order valence-electron chi connectivity index (χ3n) is 3.44. The zero-order chi connectivity index (χ0) is 14.5. The maximum atomic E-state index is 12.1. The highest BCUT2D eigenvalue weighted by Crippen LogP contribution is 2.21. The Kier molecular flexibility index (Phi) is 4.74. The van der Waals surface area contributed by atoms with Crippen molar-refractivity contribution in [3.8, 4) is 0 Å². The summed E-state index contributed by atoms with van der Waals surface area (Å²) < 4.78 is 0. The molecule has 5 nitrogen and oxygen atoms in total. The van der Waals surface area contributed by atoms with Gasteiger partial charge in [0.05, 0.1) is 6.04 Å². The fraction of sp³-hybridized carbons (Fsp3) is 0.467. The van der Waals surface area contributed by atoms with Crippen molar-refractivity contribution in [2.45, 2.75) is 39.2 Å². The second kappa shape index (κ2) is 6.52. The summed E-state index contributed by atoms with van der Waals surface area (Å²) in [4.78, 5) is 23.3. The van der Waals surface area contributed by atoms with Gasteiger partial charge in [0.25, 0.3) is 0 Å². The first-order chi connectivity index (χ1) is 9.56. The van der Waals surface area contributed by atoms with Crippen molar-refractivity contribution in [1.29, 1.82) is 0 Å². The monoisotopic (exact) mass is 275 g/mol. The van der Waals surface area contributed by atoms with E-state index in [1.54, 1.807) is 6.07 Å². The molecule has 2 amide bonds. The van der Waals surface area contributed by atoms with Crippen LogP contribution in [0.3, 0.4) is 0 Å². The molecule has 1 aromatic carbocycles. The lowest BCUT2D eigenvalue weighted by Gasteiger charge is -2.22. The Hall–Kier alpha value is -1.88. The predicted octanol–water partition coefficient (Wildman–Crippen LogP) is 2.03. The van der Waals surface area contributed by atoms with E-state index >= 15 is 0 Å². The first kappa shape index (κ1) is 14.5. The first-order valence-corrected chi connectivity index (χ1v) is 6.99. The van der Waals surface area contributed by atoms with Crippen LogP contribution in [0.4, 0.5) is 11.4 Å². The molecule has 1 atom stereocenters. The SMILES string of the molecule is CC(=O)Nc1cc(NC(=O)[C@@H]2CCCCN2)ccc1C. The Balaban J connectivity index is 2.05. The Labute approximate surface area is 119 Å². The third-order valence-corrected chi connectivity index (χ3v) is 3.44. The highest BCUT2D eigenvalue weighted by Gasteiger charge is 2.20. The lowest BCUT2D eigenvalue weighted by atomic mass is 10.0. The van der Waals surface area contributed by atoms with Crippen LogP contribution in [0.25, 0.3) is 0 Å². The van der Waals surface area contributed by atoms with E-state index in [1.807, 2.05) is 19.1 Å². The van der Waals surface area contributed by atoms with E-state index in [0.29, 0.717) is 5.69 Å². The van der Waals surface area contributed by atoms with Gasteiger partial charge in [0.1, 0.15) is 0 Å². The van der Waals surface area contributed by atoms with Gasteiger partial charge < -0.3 is 16.0 Å². The molecule has 1 fully saturated rings. The van der Waals surface area contributed by atoms with Gasteiger partial charge in [-0.1, -0.05) is 12.5 Å². The maximum absolute atomic E-state index is 12.1. The van der Waals surface area contributed by atoms with Crippen LogP contribution in [-0.4, -0.2) is 24.4 Å². The summed E-state index contributed by atoms with van der Waals surface area (Å²) in [5.41, 5.74) is 2.40. The molecule has 1 aliphatic heterocycles. The van der Waals surface area contributed by atoms with Crippen molar-refractivity contribution in [2.75, 3.05) is 17.2 Å². The van der Waals surface area contributed by atoms with E-state index < -0.39 is 0 Å². The zero-order valence-corrected chi connectivity index (χ0v) is 12.0. The molecule has 0 radical (unpaired) electrons. The van der Waals surface area contributed by atoms with Gasteiger partial charge in [-0.05, 0) is 44.0 Å². The fourth-order valence-electron chi connectivity index (χ4n) is 2.33. The average Bonchev–Trinajstić information content (AvgIpc) is 2.43. The van der Waals surface area contributed by atoms with E-state index in [1.165, 1.54) is 6.92 Å². The molecular weight excluding hydrogens is 254 g/mol. The molecule has 0 bridgehead atoms. The average molecular weight is 275 g/mol. The van der Waals surface area contributed by atoms with Crippen molar-refractivity contribution in [3.63, 3.8) is 0 Å². The molecular formula is C15H21N3O2. The van der Waals surface area contributed by atoms with Crippen molar-refractivity contribution < 1.29 is 9.59 Å². The van der Waals surface area contributed by atoms with E-state index in [2.05, 4.69) is 16.0 Å². The summed E-state index contributed by atoms with van der Waals surface area (Å²) in [5, 5.41) is 8.88. The molecule has 108 valence electrons.